The summed E-state index contributed by atoms with van der Waals surface area (Å²) in [5.74, 6) is 1.13. The molecule has 0 amide bonds. The fourth-order valence-electron chi connectivity index (χ4n) is 1.88. The Morgan fingerprint density at radius 2 is 1.89 bits per heavy atom. The number of hydrogen-bond donors (Lipinski definition) is 1. The fraction of sp³-hybridized carbons (Fsp3) is 0.375. The van der Waals surface area contributed by atoms with Crippen molar-refractivity contribution < 1.29 is 0 Å². The van der Waals surface area contributed by atoms with Gasteiger partial charge in [0, 0.05) is 23.2 Å². The molecule has 1 unspecified atom stereocenters. The third-order valence-corrected chi connectivity index (χ3v) is 4.19. The van der Waals surface area contributed by atoms with Gasteiger partial charge in [-0.25, -0.2) is 0 Å². The van der Waals surface area contributed by atoms with Crippen molar-refractivity contribution >= 4 is 22.5 Å². The summed E-state index contributed by atoms with van der Waals surface area (Å²) in [5.41, 5.74) is 0. The Morgan fingerprint density at radius 1 is 1.11 bits per heavy atom. The number of thioether (sulfide) groups is 1. The van der Waals surface area contributed by atoms with E-state index in [1.54, 1.807) is 0 Å². The highest BCUT2D eigenvalue weighted by molar-refractivity contribution is 7.99. The molecule has 2 rings (SSSR count). The number of rotatable bonds is 6. The molecule has 1 nitrogen and oxygen atoms in total. The van der Waals surface area contributed by atoms with Crippen LogP contribution in [0, 0.1) is 0 Å². The molecular formula is C16H21NS. The first-order valence-corrected chi connectivity index (χ1v) is 7.63. The Kier molecular flexibility index (Phi) is 5.09. The van der Waals surface area contributed by atoms with Crippen LogP contribution in [0.15, 0.2) is 47.4 Å². The molecule has 96 valence electrons. The Labute approximate surface area is 114 Å². The summed E-state index contributed by atoms with van der Waals surface area (Å²) in [5, 5.41) is 6.17. The molecular weight excluding hydrogens is 238 g/mol. The van der Waals surface area contributed by atoms with Gasteiger partial charge in [-0.1, -0.05) is 37.3 Å². The summed E-state index contributed by atoms with van der Waals surface area (Å²) in [7, 11) is 0. The summed E-state index contributed by atoms with van der Waals surface area (Å²) in [6.07, 6.45) is 1.20. The Morgan fingerprint density at radius 3 is 2.67 bits per heavy atom. The van der Waals surface area contributed by atoms with Crippen molar-refractivity contribution in [2.75, 3.05) is 12.3 Å². The normalized spacial score (nSPS) is 12.8. The summed E-state index contributed by atoms with van der Waals surface area (Å²) >= 11 is 1.93. The average Bonchev–Trinajstić information content (AvgIpc) is 2.43. The first-order chi connectivity index (χ1) is 8.79. The van der Waals surface area contributed by atoms with E-state index < -0.39 is 0 Å². The zero-order valence-corrected chi connectivity index (χ0v) is 12.0. The molecule has 1 N–H and O–H groups in total. The minimum atomic E-state index is 0.627. The first kappa shape index (κ1) is 13.4. The molecule has 0 radical (unpaired) electrons. The zero-order valence-electron chi connectivity index (χ0n) is 11.1. The van der Waals surface area contributed by atoms with Crippen LogP contribution in [-0.4, -0.2) is 18.3 Å². The van der Waals surface area contributed by atoms with Gasteiger partial charge in [-0.05, 0) is 36.2 Å². The van der Waals surface area contributed by atoms with Gasteiger partial charge in [-0.15, -0.1) is 11.8 Å². The van der Waals surface area contributed by atoms with Gasteiger partial charge < -0.3 is 5.32 Å². The maximum Gasteiger partial charge on any atom is 0.0106 e. The molecule has 0 spiro atoms. The zero-order chi connectivity index (χ0) is 12.8. The SMILES string of the molecule is CCC(C)NCCSc1ccc2ccccc2c1. The van der Waals surface area contributed by atoms with Crippen LogP contribution in [0.3, 0.4) is 0 Å². The Hall–Kier alpha value is -0.990. The topological polar surface area (TPSA) is 12.0 Å². The molecule has 0 aromatic heterocycles. The van der Waals surface area contributed by atoms with Gasteiger partial charge in [-0.2, -0.15) is 0 Å². The summed E-state index contributed by atoms with van der Waals surface area (Å²) in [6, 6.07) is 15.9. The predicted octanol–water partition coefficient (Wildman–Crippen LogP) is 4.32. The van der Waals surface area contributed by atoms with Crippen LogP contribution < -0.4 is 5.32 Å². The van der Waals surface area contributed by atoms with Gasteiger partial charge in [0.15, 0.2) is 0 Å². The van der Waals surface area contributed by atoms with E-state index in [4.69, 9.17) is 0 Å². The Bertz CT molecular complexity index is 495. The largest absolute Gasteiger partial charge is 0.313 e. The van der Waals surface area contributed by atoms with E-state index in [-0.39, 0.29) is 0 Å². The van der Waals surface area contributed by atoms with Gasteiger partial charge in [0.1, 0.15) is 0 Å². The maximum atomic E-state index is 3.52. The molecule has 0 saturated heterocycles. The Balaban J connectivity index is 1.88. The smallest absolute Gasteiger partial charge is 0.0106 e. The highest BCUT2D eigenvalue weighted by Crippen LogP contribution is 2.23. The lowest BCUT2D eigenvalue weighted by atomic mass is 10.1. The van der Waals surface area contributed by atoms with Crippen LogP contribution >= 0.6 is 11.8 Å². The van der Waals surface area contributed by atoms with Gasteiger partial charge in [0.05, 0.1) is 0 Å². The molecule has 0 aliphatic rings. The number of benzene rings is 2. The number of fused-ring (bicyclic) bond motifs is 1. The highest BCUT2D eigenvalue weighted by Gasteiger charge is 1.99. The second kappa shape index (κ2) is 6.81. The number of hydrogen-bond acceptors (Lipinski definition) is 2. The average molecular weight is 259 g/mol. The van der Waals surface area contributed by atoms with E-state index in [0.717, 1.165) is 12.3 Å². The van der Waals surface area contributed by atoms with Crippen molar-refractivity contribution in [3.63, 3.8) is 0 Å². The van der Waals surface area contributed by atoms with Gasteiger partial charge >= 0.3 is 0 Å². The minimum Gasteiger partial charge on any atom is -0.313 e. The molecule has 0 bridgehead atoms. The monoisotopic (exact) mass is 259 g/mol. The number of nitrogens with one attached hydrogen (secondary N) is 1. The van der Waals surface area contributed by atoms with Crippen molar-refractivity contribution in [2.45, 2.75) is 31.2 Å². The molecule has 0 saturated carbocycles. The van der Waals surface area contributed by atoms with Crippen LogP contribution in [0.25, 0.3) is 10.8 Å². The quantitative estimate of drug-likeness (QED) is 0.612. The molecule has 18 heavy (non-hydrogen) atoms. The van der Waals surface area contributed by atoms with Crippen LogP contribution in [0.2, 0.25) is 0 Å². The van der Waals surface area contributed by atoms with Crippen molar-refractivity contribution in [2.24, 2.45) is 0 Å². The van der Waals surface area contributed by atoms with Crippen molar-refractivity contribution in [3.05, 3.63) is 42.5 Å². The van der Waals surface area contributed by atoms with Crippen molar-refractivity contribution in [1.82, 2.24) is 5.32 Å². The molecule has 0 aliphatic heterocycles. The van der Waals surface area contributed by atoms with E-state index >= 15 is 0 Å². The molecule has 0 heterocycles. The second-order valence-electron chi connectivity index (χ2n) is 4.62. The lowest BCUT2D eigenvalue weighted by molar-refractivity contribution is 0.555. The van der Waals surface area contributed by atoms with Gasteiger partial charge in [-0.3, -0.25) is 0 Å². The molecule has 2 aromatic carbocycles. The predicted molar refractivity (Wildman–Crippen MR) is 82.4 cm³/mol. The van der Waals surface area contributed by atoms with Crippen LogP contribution in [0.4, 0.5) is 0 Å². The summed E-state index contributed by atoms with van der Waals surface area (Å²) in [4.78, 5) is 1.36. The second-order valence-corrected chi connectivity index (χ2v) is 5.79. The lowest BCUT2D eigenvalue weighted by Crippen LogP contribution is -2.27. The molecule has 1 atom stereocenters. The molecule has 0 aliphatic carbocycles. The lowest BCUT2D eigenvalue weighted by Gasteiger charge is -2.10. The van der Waals surface area contributed by atoms with Crippen LogP contribution in [-0.2, 0) is 0 Å². The highest BCUT2D eigenvalue weighted by atomic mass is 32.2. The van der Waals surface area contributed by atoms with Crippen LogP contribution in [0.1, 0.15) is 20.3 Å². The standard InChI is InChI=1S/C16H21NS/c1-3-13(2)17-10-11-18-16-9-8-14-6-4-5-7-15(14)12-16/h4-9,12-13,17H,3,10-11H2,1-2H3. The third kappa shape index (κ3) is 3.76. The van der Waals surface area contributed by atoms with E-state index in [9.17, 15) is 0 Å². The first-order valence-electron chi connectivity index (χ1n) is 6.64. The van der Waals surface area contributed by atoms with Crippen LogP contribution in [0.5, 0.6) is 0 Å². The molecule has 2 heteroatoms. The summed E-state index contributed by atoms with van der Waals surface area (Å²) < 4.78 is 0. The minimum absolute atomic E-state index is 0.627. The maximum absolute atomic E-state index is 3.52. The van der Waals surface area contributed by atoms with Gasteiger partial charge in [0.2, 0.25) is 0 Å². The van der Waals surface area contributed by atoms with Crippen molar-refractivity contribution in [1.29, 1.82) is 0 Å². The van der Waals surface area contributed by atoms with E-state index in [1.165, 1.54) is 22.1 Å². The molecule has 2 aromatic rings. The molecule has 0 fully saturated rings. The van der Waals surface area contributed by atoms with Gasteiger partial charge in [0.25, 0.3) is 0 Å². The van der Waals surface area contributed by atoms with E-state index in [1.807, 2.05) is 11.8 Å². The van der Waals surface area contributed by atoms with E-state index in [0.29, 0.717) is 6.04 Å². The van der Waals surface area contributed by atoms with Crippen molar-refractivity contribution in [3.8, 4) is 0 Å². The third-order valence-electron chi connectivity index (χ3n) is 3.20. The summed E-state index contributed by atoms with van der Waals surface area (Å²) in [6.45, 7) is 5.53. The fourth-order valence-corrected chi connectivity index (χ4v) is 2.71. The van der Waals surface area contributed by atoms with E-state index in [2.05, 4.69) is 61.6 Å².